The third-order valence-corrected chi connectivity index (χ3v) is 3.82. The van der Waals surface area contributed by atoms with Gasteiger partial charge in [0, 0.05) is 24.0 Å². The molecular weight excluding hydrogens is 266 g/mol. The van der Waals surface area contributed by atoms with E-state index in [4.69, 9.17) is 4.98 Å². The van der Waals surface area contributed by atoms with E-state index in [0.29, 0.717) is 0 Å². The van der Waals surface area contributed by atoms with Crippen molar-refractivity contribution in [3.8, 4) is 0 Å². The highest BCUT2D eigenvalue weighted by Gasteiger charge is 2.10. The molecule has 0 saturated heterocycles. The van der Waals surface area contributed by atoms with Gasteiger partial charge < -0.3 is 10.2 Å². The zero-order chi connectivity index (χ0) is 14.6. The molecule has 2 heterocycles. The van der Waals surface area contributed by atoms with Gasteiger partial charge in [0.05, 0.1) is 12.2 Å². The van der Waals surface area contributed by atoms with E-state index in [1.807, 2.05) is 0 Å². The van der Waals surface area contributed by atoms with E-state index >= 15 is 0 Å². The molecule has 0 radical (unpaired) electrons. The average molecular weight is 289 g/mol. The molecule has 0 aliphatic rings. The number of thiophene rings is 1. The van der Waals surface area contributed by atoms with Crippen molar-refractivity contribution in [2.24, 2.45) is 0 Å². The predicted molar refractivity (Wildman–Crippen MR) is 87.3 cm³/mol. The lowest BCUT2D eigenvalue weighted by Crippen LogP contribution is -2.35. The summed E-state index contributed by atoms with van der Waals surface area (Å²) in [7, 11) is 2.09. The molecule has 0 unspecified atom stereocenters. The standard InChI is InChI=1S/C16H23N3S/c1-16(2,3)17-11-13-7-5-9-15(18-13)19(4)12-14-8-6-10-20-14/h5-10,17H,11-12H2,1-4H3. The lowest BCUT2D eigenvalue weighted by Gasteiger charge is -2.21. The van der Waals surface area contributed by atoms with Gasteiger partial charge in [-0.3, -0.25) is 0 Å². The second-order valence-electron chi connectivity index (χ2n) is 6.03. The Hall–Kier alpha value is -1.39. The van der Waals surface area contributed by atoms with Crippen LogP contribution >= 0.6 is 11.3 Å². The highest BCUT2D eigenvalue weighted by atomic mass is 32.1. The SMILES string of the molecule is CN(Cc1cccs1)c1cccc(CNC(C)(C)C)n1. The summed E-state index contributed by atoms with van der Waals surface area (Å²) in [6, 6.07) is 10.5. The Morgan fingerprint density at radius 3 is 2.65 bits per heavy atom. The number of pyridine rings is 1. The molecular formula is C16H23N3S. The van der Waals surface area contributed by atoms with Crippen LogP contribution in [0.2, 0.25) is 0 Å². The fourth-order valence-corrected chi connectivity index (χ4v) is 2.61. The van der Waals surface area contributed by atoms with E-state index in [1.165, 1.54) is 4.88 Å². The number of hydrogen-bond donors (Lipinski definition) is 1. The molecule has 2 aromatic rings. The minimum absolute atomic E-state index is 0.112. The molecule has 0 aliphatic heterocycles. The van der Waals surface area contributed by atoms with E-state index in [0.717, 1.165) is 24.6 Å². The van der Waals surface area contributed by atoms with Crippen molar-refractivity contribution in [1.29, 1.82) is 0 Å². The van der Waals surface area contributed by atoms with Crippen molar-refractivity contribution >= 4 is 17.2 Å². The van der Waals surface area contributed by atoms with Crippen LogP contribution in [-0.2, 0) is 13.1 Å². The van der Waals surface area contributed by atoms with Gasteiger partial charge in [0.15, 0.2) is 0 Å². The quantitative estimate of drug-likeness (QED) is 0.910. The largest absolute Gasteiger partial charge is 0.355 e. The summed E-state index contributed by atoms with van der Waals surface area (Å²) in [6.45, 7) is 8.20. The zero-order valence-electron chi connectivity index (χ0n) is 12.7. The van der Waals surface area contributed by atoms with Gasteiger partial charge in [0.25, 0.3) is 0 Å². The molecule has 20 heavy (non-hydrogen) atoms. The number of anilines is 1. The van der Waals surface area contributed by atoms with E-state index in [-0.39, 0.29) is 5.54 Å². The molecule has 0 atom stereocenters. The Morgan fingerprint density at radius 2 is 2.00 bits per heavy atom. The molecule has 4 heteroatoms. The first-order valence-electron chi connectivity index (χ1n) is 6.88. The minimum atomic E-state index is 0.112. The Bertz CT molecular complexity index is 529. The molecule has 0 fully saturated rings. The molecule has 0 amide bonds. The summed E-state index contributed by atoms with van der Waals surface area (Å²) in [5, 5.41) is 5.58. The van der Waals surface area contributed by atoms with Crippen molar-refractivity contribution in [3.63, 3.8) is 0 Å². The van der Waals surface area contributed by atoms with Gasteiger partial charge >= 0.3 is 0 Å². The second kappa shape index (κ2) is 6.37. The maximum atomic E-state index is 4.72. The fraction of sp³-hybridized carbons (Fsp3) is 0.438. The number of hydrogen-bond acceptors (Lipinski definition) is 4. The van der Waals surface area contributed by atoms with Crippen molar-refractivity contribution in [3.05, 3.63) is 46.3 Å². The first kappa shape index (κ1) is 15.0. The number of aromatic nitrogens is 1. The summed E-state index contributed by atoms with van der Waals surface area (Å²) >= 11 is 1.78. The van der Waals surface area contributed by atoms with Gasteiger partial charge in [-0.25, -0.2) is 4.98 Å². The molecule has 2 aromatic heterocycles. The van der Waals surface area contributed by atoms with Gasteiger partial charge in [-0.05, 0) is 44.4 Å². The van der Waals surface area contributed by atoms with Gasteiger partial charge in [-0.1, -0.05) is 12.1 Å². The topological polar surface area (TPSA) is 28.2 Å². The second-order valence-corrected chi connectivity index (χ2v) is 7.06. The van der Waals surface area contributed by atoms with Gasteiger partial charge in [0.2, 0.25) is 0 Å². The smallest absolute Gasteiger partial charge is 0.128 e. The third kappa shape index (κ3) is 4.62. The molecule has 0 spiro atoms. The van der Waals surface area contributed by atoms with E-state index in [2.05, 4.69) is 73.7 Å². The Labute approximate surface area is 125 Å². The first-order chi connectivity index (χ1) is 9.44. The Balaban J connectivity index is 2.01. The monoisotopic (exact) mass is 289 g/mol. The van der Waals surface area contributed by atoms with Crippen LogP contribution in [0.15, 0.2) is 35.7 Å². The van der Waals surface area contributed by atoms with Crippen LogP contribution in [0.25, 0.3) is 0 Å². The Kier molecular flexibility index (Phi) is 4.78. The highest BCUT2D eigenvalue weighted by molar-refractivity contribution is 7.09. The van der Waals surface area contributed by atoms with Crippen LogP contribution < -0.4 is 10.2 Å². The fourth-order valence-electron chi connectivity index (χ4n) is 1.85. The lowest BCUT2D eigenvalue weighted by molar-refractivity contribution is 0.421. The molecule has 3 nitrogen and oxygen atoms in total. The molecule has 0 bridgehead atoms. The molecule has 108 valence electrons. The van der Waals surface area contributed by atoms with Crippen LogP contribution in [0.4, 0.5) is 5.82 Å². The van der Waals surface area contributed by atoms with Crippen molar-refractivity contribution in [2.75, 3.05) is 11.9 Å². The summed E-state index contributed by atoms with van der Waals surface area (Å²) in [5.41, 5.74) is 1.19. The van der Waals surface area contributed by atoms with Crippen LogP contribution in [0.3, 0.4) is 0 Å². The summed E-state index contributed by atoms with van der Waals surface area (Å²) in [6.07, 6.45) is 0. The number of nitrogens with zero attached hydrogens (tertiary/aromatic N) is 2. The van der Waals surface area contributed by atoms with Crippen LogP contribution in [0.1, 0.15) is 31.3 Å². The summed E-state index contributed by atoms with van der Waals surface area (Å²) < 4.78 is 0. The molecule has 0 saturated carbocycles. The van der Waals surface area contributed by atoms with Crippen molar-refractivity contribution < 1.29 is 0 Å². The van der Waals surface area contributed by atoms with Crippen LogP contribution in [0, 0.1) is 0 Å². The summed E-state index contributed by atoms with van der Waals surface area (Å²) in [5.74, 6) is 1.02. The van der Waals surface area contributed by atoms with E-state index in [9.17, 15) is 0 Å². The molecule has 0 aliphatic carbocycles. The molecule has 2 rings (SSSR count). The lowest BCUT2D eigenvalue weighted by atomic mass is 10.1. The number of rotatable bonds is 5. The third-order valence-electron chi connectivity index (χ3n) is 2.96. The van der Waals surface area contributed by atoms with Crippen LogP contribution in [-0.4, -0.2) is 17.6 Å². The van der Waals surface area contributed by atoms with E-state index < -0.39 is 0 Å². The van der Waals surface area contributed by atoms with E-state index in [1.54, 1.807) is 11.3 Å². The van der Waals surface area contributed by atoms with Crippen molar-refractivity contribution in [1.82, 2.24) is 10.3 Å². The normalized spacial score (nSPS) is 11.6. The minimum Gasteiger partial charge on any atom is -0.355 e. The van der Waals surface area contributed by atoms with Crippen molar-refractivity contribution in [2.45, 2.75) is 39.4 Å². The number of nitrogens with one attached hydrogen (secondary N) is 1. The maximum Gasteiger partial charge on any atom is 0.128 e. The first-order valence-corrected chi connectivity index (χ1v) is 7.76. The Morgan fingerprint density at radius 1 is 1.20 bits per heavy atom. The van der Waals surface area contributed by atoms with Gasteiger partial charge in [-0.15, -0.1) is 11.3 Å². The van der Waals surface area contributed by atoms with Gasteiger partial charge in [-0.2, -0.15) is 0 Å². The summed E-state index contributed by atoms with van der Waals surface area (Å²) in [4.78, 5) is 8.27. The van der Waals surface area contributed by atoms with Gasteiger partial charge in [0.1, 0.15) is 5.82 Å². The molecule has 1 N–H and O–H groups in total. The predicted octanol–water partition coefficient (Wildman–Crippen LogP) is 3.67. The zero-order valence-corrected chi connectivity index (χ0v) is 13.5. The highest BCUT2D eigenvalue weighted by Crippen LogP contribution is 2.16. The average Bonchev–Trinajstić information content (AvgIpc) is 2.89. The van der Waals surface area contributed by atoms with Crippen LogP contribution in [0.5, 0.6) is 0 Å². The maximum absolute atomic E-state index is 4.72. The molecule has 0 aromatic carbocycles.